The molecule has 0 amide bonds. The Labute approximate surface area is 579 Å². The molecule has 0 radical (unpaired) electrons. The van der Waals surface area contributed by atoms with Gasteiger partial charge in [0.2, 0.25) is 5.95 Å². The first-order valence-electron chi connectivity index (χ1n) is 33.9. The molecule has 0 saturated heterocycles. The van der Waals surface area contributed by atoms with Gasteiger partial charge in [-0.3, -0.25) is 4.57 Å². The molecule has 17 rings (SSSR count). The third-order valence-corrected chi connectivity index (χ3v) is 29.2. The molecule has 0 atom stereocenters. The van der Waals surface area contributed by atoms with E-state index in [-0.39, 0.29) is 0 Å². The predicted octanol–water partition coefficient (Wildman–Crippen LogP) is 17.4. The number of nitrogens with zero attached hydrogens (tertiary/aromatic N) is 4. The van der Waals surface area contributed by atoms with Crippen molar-refractivity contribution in [1.82, 2.24) is 19.5 Å². The molecule has 0 unspecified atom stereocenters. The van der Waals surface area contributed by atoms with Crippen LogP contribution in [0.4, 0.5) is 0 Å². The Balaban J connectivity index is 1.01. The number of fused-ring (bicyclic) bond motifs is 3. The lowest BCUT2D eigenvalue weighted by Gasteiger charge is -2.38. The number of para-hydroxylation sites is 2. The molecule has 0 saturated carbocycles. The second-order valence-electron chi connectivity index (χ2n) is 25.4. The van der Waals surface area contributed by atoms with Crippen LogP contribution in [-0.2, 0) is 0 Å². The number of benzene rings is 15. The van der Waals surface area contributed by atoms with E-state index in [0.29, 0.717) is 17.6 Å². The molecule has 0 aliphatic rings. The highest BCUT2D eigenvalue weighted by Crippen LogP contribution is 2.35. The number of aromatic nitrogens is 4. The smallest absolute Gasteiger partial charge is 0.238 e. The average molecular weight is 1300 g/mol. The average Bonchev–Trinajstić information content (AvgIpc) is 1.25. The zero-order chi connectivity index (χ0) is 66.0. The van der Waals surface area contributed by atoms with Crippen molar-refractivity contribution in [3.8, 4) is 84.4 Å². The normalized spacial score (nSPS) is 11.6. The van der Waals surface area contributed by atoms with Crippen LogP contribution in [0, 0.1) is 0 Å². The Morgan fingerprint density at radius 1 is 0.172 bits per heavy atom. The van der Waals surface area contributed by atoms with Crippen LogP contribution in [-0.4, -0.2) is 35.7 Å². The molecule has 0 bridgehead atoms. The highest BCUT2D eigenvalue weighted by Gasteiger charge is 2.46. The van der Waals surface area contributed by atoms with Crippen LogP contribution in [0.25, 0.3) is 106 Å². The topological polar surface area (TPSA) is 43.6 Å². The van der Waals surface area contributed by atoms with Crippen molar-refractivity contribution in [3.05, 3.63) is 400 Å². The van der Waals surface area contributed by atoms with Gasteiger partial charge in [0.1, 0.15) is 0 Å². The van der Waals surface area contributed by atoms with Gasteiger partial charge in [-0.2, -0.15) is 9.97 Å². The van der Waals surface area contributed by atoms with E-state index in [1.165, 1.54) is 63.7 Å². The number of hydrogen-bond donors (Lipinski definition) is 0. The molecule has 0 aliphatic carbocycles. The zero-order valence-corrected chi connectivity index (χ0v) is 56.4. The van der Waals surface area contributed by atoms with E-state index in [9.17, 15) is 0 Å². The molecule has 0 fully saturated rings. The summed E-state index contributed by atoms with van der Waals surface area (Å²) in [7, 11) is -7.07. The minimum absolute atomic E-state index is 0.532. The Bertz CT molecular complexity index is 5370. The van der Waals surface area contributed by atoms with Crippen LogP contribution in [0.15, 0.2) is 400 Å². The molecule has 15 aromatic carbocycles. The minimum atomic E-state index is -3.54. The third kappa shape index (κ3) is 11.1. The van der Waals surface area contributed by atoms with E-state index in [0.717, 1.165) is 66.3 Å². The molecule has 0 N–H and O–H groups in total. The van der Waals surface area contributed by atoms with Gasteiger partial charge in [-0.25, -0.2) is 4.98 Å². The molecule has 0 spiro atoms. The zero-order valence-electron chi connectivity index (χ0n) is 54.4. The van der Waals surface area contributed by atoms with E-state index < -0.39 is 16.1 Å². The van der Waals surface area contributed by atoms with E-state index in [2.05, 4.69) is 405 Å². The summed E-state index contributed by atoms with van der Waals surface area (Å²) in [4.78, 5) is 17.3. The van der Waals surface area contributed by atoms with Gasteiger partial charge in [-0.1, -0.05) is 370 Å². The monoisotopic (exact) mass is 1290 g/mol. The molecular formula is C93H66N4Si2. The van der Waals surface area contributed by atoms with Gasteiger partial charge in [0.05, 0.1) is 11.0 Å². The van der Waals surface area contributed by atoms with Crippen molar-refractivity contribution >= 4 is 79.4 Å². The molecule has 2 aromatic heterocycles. The lowest BCUT2D eigenvalue weighted by molar-refractivity contribution is 0.953. The molecule has 4 nitrogen and oxygen atoms in total. The standard InChI is InChI=1S/C93H66N4Si2/c1-8-31-67(32-9-1)70-37-26-40-73(59-70)75-42-29-53-83(62-75)98(79-45-14-4-15-46-79,80-47-16-5-17-48-80)85-64-78(92-94-91(77-44-28-39-72(61-77)69-35-12-3-13-36-69)95-93(96-92)97-89-57-24-22-55-87(89)88-56-23-25-58-90(88)97)65-86(66-85)99(81-49-18-6-19-50-81,82-51-20-7-21-52-82)84-54-30-43-76(63-84)74-41-27-38-71(60-74)68-33-10-2-11-34-68/h1-66H. The van der Waals surface area contributed by atoms with E-state index in [4.69, 9.17) is 15.0 Å². The predicted molar refractivity (Wildman–Crippen MR) is 419 cm³/mol. The summed E-state index contributed by atoms with van der Waals surface area (Å²) in [6.07, 6.45) is 0. The molecule has 2 heterocycles. The maximum Gasteiger partial charge on any atom is 0.238 e. The second kappa shape index (κ2) is 26.3. The molecule has 99 heavy (non-hydrogen) atoms. The summed E-state index contributed by atoms with van der Waals surface area (Å²) in [6, 6.07) is 148. The molecule has 466 valence electrons. The van der Waals surface area contributed by atoms with Gasteiger partial charge >= 0.3 is 0 Å². The van der Waals surface area contributed by atoms with Gasteiger partial charge in [-0.15, -0.1) is 0 Å². The van der Waals surface area contributed by atoms with E-state index in [1.54, 1.807) is 0 Å². The first kappa shape index (κ1) is 60.2. The van der Waals surface area contributed by atoms with Gasteiger partial charge in [-0.05, 0) is 127 Å². The first-order valence-corrected chi connectivity index (χ1v) is 37.9. The van der Waals surface area contributed by atoms with E-state index >= 15 is 0 Å². The molecule has 6 heteroatoms. The maximum absolute atomic E-state index is 5.88. The maximum atomic E-state index is 5.88. The van der Waals surface area contributed by atoms with Gasteiger partial charge in [0, 0.05) is 21.9 Å². The van der Waals surface area contributed by atoms with Gasteiger partial charge in [0.15, 0.2) is 27.8 Å². The highest BCUT2D eigenvalue weighted by molar-refractivity contribution is 7.22. The first-order chi connectivity index (χ1) is 49.1. The number of rotatable bonds is 16. The van der Waals surface area contributed by atoms with Crippen LogP contribution >= 0.6 is 0 Å². The summed E-state index contributed by atoms with van der Waals surface area (Å²) >= 11 is 0. The lowest BCUT2D eigenvalue weighted by atomic mass is 9.99. The molecule has 0 aliphatic heterocycles. The van der Waals surface area contributed by atoms with E-state index in [1.807, 2.05) is 0 Å². The number of hydrogen-bond acceptors (Lipinski definition) is 3. The fourth-order valence-corrected chi connectivity index (χ4v) is 25.0. The van der Waals surface area contributed by atoms with Gasteiger partial charge < -0.3 is 0 Å². The fraction of sp³-hybridized carbons (Fsp3) is 0. The Kier molecular flexibility index (Phi) is 16.0. The summed E-state index contributed by atoms with van der Waals surface area (Å²) in [5, 5.41) is 12.1. The van der Waals surface area contributed by atoms with Crippen molar-refractivity contribution < 1.29 is 0 Å². The van der Waals surface area contributed by atoms with Crippen LogP contribution in [0.3, 0.4) is 0 Å². The summed E-state index contributed by atoms with van der Waals surface area (Å²) < 4.78 is 2.24. The SMILES string of the molecule is c1ccc(-c2cccc(-c3cccc([Si](c4ccccc4)(c4ccccc4)c4cc(-c5nc(-c6cccc(-c7ccccc7)c6)nc(-n6c7ccccc7c7ccccc76)n5)cc([Si](c5ccccc5)(c5ccccc5)c5cccc(-c6cccc(-c7ccccc7)c6)c5)c4)c3)c2)cc1. The lowest BCUT2D eigenvalue weighted by Crippen LogP contribution is -2.78. The highest BCUT2D eigenvalue weighted by atomic mass is 28.3. The van der Waals surface area contributed by atoms with Gasteiger partial charge in [0.25, 0.3) is 0 Å². The Morgan fingerprint density at radius 2 is 0.424 bits per heavy atom. The second-order valence-corrected chi connectivity index (χ2v) is 33.0. The molecular weight excluding hydrogens is 1230 g/mol. The van der Waals surface area contributed by atoms with Crippen molar-refractivity contribution in [1.29, 1.82) is 0 Å². The van der Waals surface area contributed by atoms with Crippen molar-refractivity contribution in [3.63, 3.8) is 0 Å². The van der Waals surface area contributed by atoms with Crippen LogP contribution < -0.4 is 41.5 Å². The van der Waals surface area contributed by atoms with Crippen molar-refractivity contribution in [2.24, 2.45) is 0 Å². The summed E-state index contributed by atoms with van der Waals surface area (Å²) in [6.45, 7) is 0. The quantitative estimate of drug-likeness (QED) is 0.0715. The minimum Gasteiger partial charge on any atom is -0.278 e. The van der Waals surface area contributed by atoms with Crippen molar-refractivity contribution in [2.75, 3.05) is 0 Å². The largest absolute Gasteiger partial charge is 0.278 e. The van der Waals surface area contributed by atoms with Crippen molar-refractivity contribution in [2.45, 2.75) is 0 Å². The van der Waals surface area contributed by atoms with Crippen LogP contribution in [0.2, 0.25) is 0 Å². The Morgan fingerprint density at radius 3 is 0.798 bits per heavy atom. The summed E-state index contributed by atoms with van der Waals surface area (Å²) in [5.74, 6) is 1.67. The van der Waals surface area contributed by atoms with Crippen LogP contribution in [0.1, 0.15) is 0 Å². The third-order valence-electron chi connectivity index (χ3n) is 19.7. The Hall–Kier alpha value is -12.5. The molecule has 17 aromatic rings. The fourth-order valence-electron chi connectivity index (χ4n) is 15.2. The van der Waals surface area contributed by atoms with Crippen LogP contribution in [0.5, 0.6) is 0 Å². The summed E-state index contributed by atoms with van der Waals surface area (Å²) in [5.41, 5.74) is 15.3.